The number of nitrogens with zero attached hydrogens (tertiary/aromatic N) is 1. The van der Waals surface area contributed by atoms with Crippen molar-refractivity contribution >= 4 is 0 Å². The zero-order valence-corrected chi connectivity index (χ0v) is 7.79. The maximum atomic E-state index is 5.54. The van der Waals surface area contributed by atoms with E-state index in [0.717, 1.165) is 18.4 Å². The summed E-state index contributed by atoms with van der Waals surface area (Å²) in [5.41, 5.74) is 2.43. The van der Waals surface area contributed by atoms with Crippen LogP contribution in [-0.4, -0.2) is 11.7 Å². The first-order valence-electron chi connectivity index (χ1n) is 4.71. The molecule has 1 fully saturated rings. The molecule has 0 unspecified atom stereocenters. The Hall–Kier alpha value is -0.160. The standard InChI is InChI=1S/C8H20N4.H2/c1-7-2-4-8(5-3-7)6-12(10)11-9;/h7-8,11H,2-6,9-10H2,1H3;1H. The summed E-state index contributed by atoms with van der Waals surface area (Å²) in [6.45, 7) is 3.18. The first kappa shape index (κ1) is 9.92. The molecule has 0 aromatic heterocycles. The molecule has 0 atom stereocenters. The number of nitrogens with one attached hydrogen (secondary N) is 1. The highest BCUT2D eigenvalue weighted by molar-refractivity contribution is 4.70. The highest BCUT2D eigenvalue weighted by atomic mass is 15.7. The van der Waals surface area contributed by atoms with Gasteiger partial charge in [-0.2, -0.15) is 10.7 Å². The number of rotatable bonds is 3. The number of hydrogen-bond acceptors (Lipinski definition) is 4. The van der Waals surface area contributed by atoms with Crippen molar-refractivity contribution in [3.8, 4) is 0 Å². The monoisotopic (exact) mass is 174 g/mol. The highest BCUT2D eigenvalue weighted by Gasteiger charge is 2.19. The van der Waals surface area contributed by atoms with E-state index >= 15 is 0 Å². The molecule has 74 valence electrons. The van der Waals surface area contributed by atoms with Gasteiger partial charge in [-0.25, -0.2) is 0 Å². The molecule has 0 aliphatic heterocycles. The molecule has 0 aromatic rings. The third-order valence-electron chi connectivity index (χ3n) is 2.76. The predicted molar refractivity (Wildman–Crippen MR) is 51.5 cm³/mol. The fourth-order valence-electron chi connectivity index (χ4n) is 1.84. The Bertz CT molecular complexity index is 125. The van der Waals surface area contributed by atoms with Gasteiger partial charge in [-0.3, -0.25) is 11.7 Å². The lowest BCUT2D eigenvalue weighted by molar-refractivity contribution is 0.134. The highest BCUT2D eigenvalue weighted by Crippen LogP contribution is 2.27. The molecular weight excluding hydrogens is 152 g/mol. The Morgan fingerprint density at radius 1 is 1.42 bits per heavy atom. The van der Waals surface area contributed by atoms with E-state index in [9.17, 15) is 0 Å². The fourth-order valence-corrected chi connectivity index (χ4v) is 1.84. The van der Waals surface area contributed by atoms with Crippen LogP contribution in [-0.2, 0) is 0 Å². The summed E-state index contributed by atoms with van der Waals surface area (Å²) in [5.74, 6) is 12.3. The van der Waals surface area contributed by atoms with Crippen LogP contribution in [0.4, 0.5) is 0 Å². The molecule has 0 radical (unpaired) electrons. The minimum Gasteiger partial charge on any atom is -0.256 e. The number of hydrazine groups is 3. The Kier molecular flexibility index (Phi) is 3.94. The minimum atomic E-state index is 0. The van der Waals surface area contributed by atoms with Crippen molar-refractivity contribution in [2.75, 3.05) is 6.54 Å². The van der Waals surface area contributed by atoms with Crippen molar-refractivity contribution in [1.82, 2.24) is 10.7 Å². The maximum absolute atomic E-state index is 5.54. The molecule has 0 amide bonds. The average molecular weight is 174 g/mol. The summed E-state index contributed by atoms with van der Waals surface area (Å²) in [4.78, 5) is 0. The van der Waals surface area contributed by atoms with E-state index in [-0.39, 0.29) is 1.43 Å². The van der Waals surface area contributed by atoms with Crippen LogP contribution in [0.25, 0.3) is 0 Å². The molecule has 1 aliphatic rings. The summed E-state index contributed by atoms with van der Waals surface area (Å²) in [6, 6.07) is 0. The molecule has 1 rings (SSSR count). The van der Waals surface area contributed by atoms with Gasteiger partial charge in [0.2, 0.25) is 0 Å². The molecule has 1 aliphatic carbocycles. The third-order valence-corrected chi connectivity index (χ3v) is 2.76. The van der Waals surface area contributed by atoms with Crippen LogP contribution in [0.5, 0.6) is 0 Å². The van der Waals surface area contributed by atoms with Crippen LogP contribution < -0.4 is 17.2 Å². The molecule has 12 heavy (non-hydrogen) atoms. The van der Waals surface area contributed by atoms with E-state index in [1.807, 2.05) is 0 Å². The summed E-state index contributed by atoms with van der Waals surface area (Å²) in [7, 11) is 0. The van der Waals surface area contributed by atoms with E-state index in [0.29, 0.717) is 0 Å². The quantitative estimate of drug-likeness (QED) is 0.433. The smallest absolute Gasteiger partial charge is 0.0327 e. The van der Waals surface area contributed by atoms with Crippen LogP contribution in [0.3, 0.4) is 0 Å². The van der Waals surface area contributed by atoms with Gasteiger partial charge in [0.05, 0.1) is 0 Å². The Labute approximate surface area is 75.7 Å². The van der Waals surface area contributed by atoms with Gasteiger partial charge in [-0.05, 0) is 24.7 Å². The van der Waals surface area contributed by atoms with Crippen LogP contribution in [0.2, 0.25) is 0 Å². The van der Waals surface area contributed by atoms with Crippen molar-refractivity contribution < 1.29 is 1.43 Å². The van der Waals surface area contributed by atoms with Gasteiger partial charge in [-0.15, -0.1) is 0 Å². The molecule has 0 spiro atoms. The molecule has 1 saturated carbocycles. The topological polar surface area (TPSA) is 67.3 Å². The molecule has 0 bridgehead atoms. The van der Waals surface area contributed by atoms with Gasteiger partial charge >= 0.3 is 0 Å². The first-order valence-corrected chi connectivity index (χ1v) is 4.71. The Morgan fingerprint density at radius 2 is 2.00 bits per heavy atom. The normalized spacial score (nSPS) is 31.0. The Balaban J connectivity index is 0.00000144. The van der Waals surface area contributed by atoms with E-state index in [4.69, 9.17) is 11.7 Å². The summed E-state index contributed by atoms with van der Waals surface area (Å²) in [6.07, 6.45) is 5.25. The van der Waals surface area contributed by atoms with Gasteiger partial charge in [0.15, 0.2) is 0 Å². The summed E-state index contributed by atoms with van der Waals surface area (Å²) < 4.78 is 0. The van der Waals surface area contributed by atoms with Crippen molar-refractivity contribution in [1.29, 1.82) is 0 Å². The third kappa shape index (κ3) is 3.06. The molecule has 4 nitrogen and oxygen atoms in total. The largest absolute Gasteiger partial charge is 0.256 e. The first-order chi connectivity index (χ1) is 5.72. The zero-order chi connectivity index (χ0) is 8.97. The molecule has 4 heteroatoms. The van der Waals surface area contributed by atoms with Gasteiger partial charge < -0.3 is 0 Å². The van der Waals surface area contributed by atoms with Crippen LogP contribution in [0.15, 0.2) is 0 Å². The second-order valence-corrected chi connectivity index (χ2v) is 3.91. The summed E-state index contributed by atoms with van der Waals surface area (Å²) in [5, 5.41) is 1.47. The second-order valence-electron chi connectivity index (χ2n) is 3.91. The number of hydrogen-bond donors (Lipinski definition) is 3. The van der Waals surface area contributed by atoms with E-state index in [2.05, 4.69) is 12.5 Å². The predicted octanol–water partition coefficient (Wildman–Crippen LogP) is 0.613. The molecule has 0 heterocycles. The number of nitrogens with two attached hydrogens (primary N) is 2. The van der Waals surface area contributed by atoms with Gasteiger partial charge in [-0.1, -0.05) is 19.8 Å². The van der Waals surface area contributed by atoms with Gasteiger partial charge in [0.25, 0.3) is 0 Å². The lowest BCUT2D eigenvalue weighted by Gasteiger charge is -2.28. The zero-order valence-electron chi connectivity index (χ0n) is 7.79. The Morgan fingerprint density at radius 3 is 2.50 bits per heavy atom. The van der Waals surface area contributed by atoms with Crippen LogP contribution >= 0.6 is 0 Å². The minimum absolute atomic E-state index is 0. The van der Waals surface area contributed by atoms with Crippen LogP contribution in [0, 0.1) is 11.8 Å². The van der Waals surface area contributed by atoms with Crippen molar-refractivity contribution in [2.24, 2.45) is 23.5 Å². The maximum Gasteiger partial charge on any atom is 0.0327 e. The van der Waals surface area contributed by atoms with E-state index < -0.39 is 0 Å². The lowest BCUT2D eigenvalue weighted by Crippen LogP contribution is -2.50. The van der Waals surface area contributed by atoms with E-state index in [1.54, 1.807) is 0 Å². The molecule has 0 saturated heterocycles. The summed E-state index contributed by atoms with van der Waals surface area (Å²) >= 11 is 0. The second kappa shape index (κ2) is 4.77. The molecular formula is C8H22N4. The van der Waals surface area contributed by atoms with E-state index in [1.165, 1.54) is 30.8 Å². The molecule has 5 N–H and O–H groups in total. The fraction of sp³-hybridized carbons (Fsp3) is 1.00. The van der Waals surface area contributed by atoms with Crippen molar-refractivity contribution in [2.45, 2.75) is 32.6 Å². The van der Waals surface area contributed by atoms with Crippen molar-refractivity contribution in [3.05, 3.63) is 0 Å². The molecule has 0 aromatic carbocycles. The van der Waals surface area contributed by atoms with Crippen LogP contribution in [0.1, 0.15) is 34.0 Å². The SMILES string of the molecule is CC1CCC(CN(N)NN)CC1.[HH]. The van der Waals surface area contributed by atoms with Gasteiger partial charge in [0.1, 0.15) is 0 Å². The lowest BCUT2D eigenvalue weighted by atomic mass is 9.83. The van der Waals surface area contributed by atoms with Gasteiger partial charge in [0, 0.05) is 7.97 Å². The van der Waals surface area contributed by atoms with Crippen molar-refractivity contribution in [3.63, 3.8) is 0 Å². The average Bonchev–Trinajstić information content (AvgIpc) is 2.09.